The summed E-state index contributed by atoms with van der Waals surface area (Å²) in [4.78, 5) is 12.3. The van der Waals surface area contributed by atoms with Gasteiger partial charge in [0.15, 0.2) is 5.65 Å². The lowest BCUT2D eigenvalue weighted by Gasteiger charge is -2.26. The van der Waals surface area contributed by atoms with Crippen molar-refractivity contribution in [3.63, 3.8) is 0 Å². The second-order valence-electron chi connectivity index (χ2n) is 7.41. The average Bonchev–Trinajstić information content (AvgIpc) is 2.99. The molecule has 0 aliphatic rings. The fourth-order valence-electron chi connectivity index (χ4n) is 2.68. The first-order chi connectivity index (χ1) is 13.5. The number of aryl methyl sites for hydroxylation is 1. The maximum Gasteiger partial charge on any atom is 0.327 e. The lowest BCUT2D eigenvalue weighted by molar-refractivity contribution is -0.152. The molecular weight excluding hydrogens is 399 g/mol. The van der Waals surface area contributed by atoms with E-state index in [-0.39, 0.29) is 10.6 Å². The molecule has 0 amide bonds. The van der Waals surface area contributed by atoms with Gasteiger partial charge in [0.05, 0.1) is 5.69 Å². The van der Waals surface area contributed by atoms with Crippen molar-refractivity contribution in [1.82, 2.24) is 14.6 Å². The van der Waals surface area contributed by atoms with Gasteiger partial charge < -0.3 is 4.74 Å². The zero-order valence-electron chi connectivity index (χ0n) is 16.5. The summed E-state index contributed by atoms with van der Waals surface area (Å²) in [5.41, 5.74) is -0.159. The van der Waals surface area contributed by atoms with Gasteiger partial charge in [-0.25, -0.2) is 12.8 Å². The van der Waals surface area contributed by atoms with E-state index < -0.39 is 34.0 Å². The van der Waals surface area contributed by atoms with Crippen molar-refractivity contribution in [3.8, 4) is 0 Å². The second kappa shape index (κ2) is 7.43. The lowest BCUT2D eigenvalue weighted by Crippen LogP contribution is -2.39. The summed E-state index contributed by atoms with van der Waals surface area (Å²) >= 11 is 0. The number of hydrogen-bond donors (Lipinski definition) is 0. The number of fused-ring (bicyclic) bond motifs is 1. The Labute approximate surface area is 168 Å². The summed E-state index contributed by atoms with van der Waals surface area (Å²) in [7, 11) is -4.17. The van der Waals surface area contributed by atoms with Gasteiger partial charge in [0.25, 0.3) is 10.0 Å². The smallest absolute Gasteiger partial charge is 0.327 e. The number of sulfonamides is 1. The normalized spacial score (nSPS) is 12.2. The van der Waals surface area contributed by atoms with Crippen LogP contribution in [0.1, 0.15) is 26.6 Å². The molecule has 10 heteroatoms. The van der Waals surface area contributed by atoms with Crippen LogP contribution in [0.4, 0.5) is 10.1 Å². The van der Waals surface area contributed by atoms with Gasteiger partial charge in [-0.15, -0.1) is 10.2 Å². The number of carbonyl (C=O) groups is 1. The van der Waals surface area contributed by atoms with Crippen LogP contribution in [0.3, 0.4) is 0 Å². The molecular formula is C19H21FN4O4S. The largest absolute Gasteiger partial charge is 0.459 e. The minimum Gasteiger partial charge on any atom is -0.459 e. The first-order valence-corrected chi connectivity index (χ1v) is 10.2. The Morgan fingerprint density at radius 2 is 1.79 bits per heavy atom. The van der Waals surface area contributed by atoms with E-state index in [2.05, 4.69) is 10.2 Å². The van der Waals surface area contributed by atoms with E-state index in [9.17, 15) is 17.6 Å². The fraction of sp³-hybridized carbons (Fsp3) is 0.316. The number of ether oxygens (including phenoxy) is 1. The molecule has 0 unspecified atom stereocenters. The standard InChI is InChI=1S/C19H21FN4O4S/c1-13-21-22-17-10-9-16(11-23(13)17)29(26,27)24(12-18(25)28-19(2,3)4)15-7-5-14(20)6-8-15/h5-11H,12H2,1-4H3. The molecule has 2 aromatic heterocycles. The van der Waals surface area contributed by atoms with Crippen LogP contribution in [0.15, 0.2) is 47.5 Å². The predicted octanol–water partition coefficient (Wildman–Crippen LogP) is 2.71. The van der Waals surface area contributed by atoms with E-state index in [4.69, 9.17) is 4.74 Å². The highest BCUT2D eigenvalue weighted by atomic mass is 32.2. The third kappa shape index (κ3) is 4.53. The Morgan fingerprint density at radius 1 is 1.14 bits per heavy atom. The van der Waals surface area contributed by atoms with Gasteiger partial charge in [0.2, 0.25) is 0 Å². The molecule has 154 valence electrons. The van der Waals surface area contributed by atoms with E-state index >= 15 is 0 Å². The van der Waals surface area contributed by atoms with Crippen LogP contribution in [0.5, 0.6) is 0 Å². The number of esters is 1. The molecule has 0 bridgehead atoms. The van der Waals surface area contributed by atoms with Crippen LogP contribution in [-0.2, 0) is 19.6 Å². The van der Waals surface area contributed by atoms with E-state index in [1.165, 1.54) is 34.9 Å². The van der Waals surface area contributed by atoms with E-state index in [0.717, 1.165) is 16.4 Å². The summed E-state index contributed by atoms with van der Waals surface area (Å²) in [6, 6.07) is 7.73. The first-order valence-electron chi connectivity index (χ1n) is 8.79. The molecule has 0 fully saturated rings. The molecule has 0 N–H and O–H groups in total. The quantitative estimate of drug-likeness (QED) is 0.589. The molecule has 3 aromatic rings. The van der Waals surface area contributed by atoms with E-state index in [1.54, 1.807) is 27.7 Å². The van der Waals surface area contributed by atoms with Crippen molar-refractivity contribution in [2.45, 2.75) is 38.2 Å². The minimum absolute atomic E-state index is 0.0687. The van der Waals surface area contributed by atoms with Gasteiger partial charge >= 0.3 is 5.97 Å². The number of anilines is 1. The zero-order valence-corrected chi connectivity index (χ0v) is 17.3. The third-order valence-electron chi connectivity index (χ3n) is 3.94. The number of aromatic nitrogens is 3. The molecule has 0 aliphatic carbocycles. The second-order valence-corrected chi connectivity index (χ2v) is 9.28. The van der Waals surface area contributed by atoms with Gasteiger partial charge in [-0.3, -0.25) is 13.5 Å². The van der Waals surface area contributed by atoms with Crippen molar-refractivity contribution in [2.75, 3.05) is 10.8 Å². The molecule has 29 heavy (non-hydrogen) atoms. The summed E-state index contributed by atoms with van der Waals surface area (Å²) in [5.74, 6) is -0.741. The van der Waals surface area contributed by atoms with Gasteiger partial charge in [-0.1, -0.05) is 0 Å². The fourth-order valence-corrected chi connectivity index (χ4v) is 4.09. The summed E-state index contributed by atoms with van der Waals surface area (Å²) in [6.07, 6.45) is 1.38. The highest BCUT2D eigenvalue weighted by molar-refractivity contribution is 7.92. The summed E-state index contributed by atoms with van der Waals surface area (Å²) < 4.78 is 47.8. The molecule has 0 saturated heterocycles. The first kappa shape index (κ1) is 20.7. The molecule has 0 spiro atoms. The average molecular weight is 420 g/mol. The Bertz CT molecular complexity index is 1150. The maximum absolute atomic E-state index is 13.4. The van der Waals surface area contributed by atoms with Crippen molar-refractivity contribution >= 4 is 27.3 Å². The monoisotopic (exact) mass is 420 g/mol. The Morgan fingerprint density at radius 3 is 2.41 bits per heavy atom. The Hall–Kier alpha value is -3.01. The van der Waals surface area contributed by atoms with Crippen LogP contribution in [-0.4, -0.2) is 41.1 Å². The van der Waals surface area contributed by atoms with Gasteiger partial charge in [-0.2, -0.15) is 0 Å². The minimum atomic E-state index is -4.17. The molecule has 2 heterocycles. The third-order valence-corrected chi connectivity index (χ3v) is 5.70. The lowest BCUT2D eigenvalue weighted by atomic mass is 10.2. The number of pyridine rings is 1. The number of rotatable bonds is 5. The molecule has 0 aliphatic heterocycles. The number of benzene rings is 1. The van der Waals surface area contributed by atoms with Gasteiger partial charge in [0.1, 0.15) is 28.7 Å². The van der Waals surface area contributed by atoms with Crippen LogP contribution in [0.25, 0.3) is 5.65 Å². The number of hydrogen-bond acceptors (Lipinski definition) is 6. The van der Waals surface area contributed by atoms with E-state index in [1.807, 2.05) is 0 Å². The van der Waals surface area contributed by atoms with E-state index in [0.29, 0.717) is 11.5 Å². The predicted molar refractivity (Wildman–Crippen MR) is 105 cm³/mol. The topological polar surface area (TPSA) is 93.9 Å². The molecule has 1 aromatic carbocycles. The highest BCUT2D eigenvalue weighted by Gasteiger charge is 2.30. The zero-order chi connectivity index (χ0) is 21.4. The Balaban J connectivity index is 2.06. The van der Waals surface area contributed by atoms with Gasteiger partial charge in [-0.05, 0) is 64.1 Å². The number of carbonyl (C=O) groups excluding carboxylic acids is 1. The summed E-state index contributed by atoms with van der Waals surface area (Å²) in [6.45, 7) is 6.18. The molecule has 8 nitrogen and oxygen atoms in total. The maximum atomic E-state index is 13.4. The molecule has 0 radical (unpaired) electrons. The molecule has 3 rings (SSSR count). The van der Waals surface area contributed by atoms with Crippen molar-refractivity contribution in [3.05, 3.63) is 54.2 Å². The number of nitrogens with zero attached hydrogens (tertiary/aromatic N) is 4. The van der Waals surface area contributed by atoms with Crippen molar-refractivity contribution < 1.29 is 22.3 Å². The van der Waals surface area contributed by atoms with Crippen LogP contribution < -0.4 is 4.31 Å². The van der Waals surface area contributed by atoms with Crippen molar-refractivity contribution in [2.24, 2.45) is 0 Å². The Kier molecular flexibility index (Phi) is 5.31. The van der Waals surface area contributed by atoms with Gasteiger partial charge in [0, 0.05) is 6.20 Å². The van der Waals surface area contributed by atoms with Crippen molar-refractivity contribution in [1.29, 1.82) is 0 Å². The number of halogens is 1. The van der Waals surface area contributed by atoms with Crippen LogP contribution in [0, 0.1) is 12.7 Å². The van der Waals surface area contributed by atoms with Crippen LogP contribution in [0.2, 0.25) is 0 Å². The van der Waals surface area contributed by atoms with Crippen LogP contribution >= 0.6 is 0 Å². The molecule has 0 saturated carbocycles. The highest BCUT2D eigenvalue weighted by Crippen LogP contribution is 2.25. The molecule has 0 atom stereocenters. The SMILES string of the molecule is Cc1nnc2ccc(S(=O)(=O)N(CC(=O)OC(C)(C)C)c3ccc(F)cc3)cn12. The summed E-state index contributed by atoms with van der Waals surface area (Å²) in [5, 5.41) is 7.84.